The zero-order chi connectivity index (χ0) is 20.8. The number of benzene rings is 1. The molecule has 0 aliphatic heterocycles. The Morgan fingerprint density at radius 1 is 1.28 bits per heavy atom. The van der Waals surface area contributed by atoms with Crippen LogP contribution in [0, 0.1) is 17.8 Å². The molecule has 0 saturated heterocycles. The fourth-order valence-corrected chi connectivity index (χ4v) is 5.45. The fourth-order valence-electron chi connectivity index (χ4n) is 5.45. The highest BCUT2D eigenvalue weighted by Gasteiger charge is 2.43. The molecule has 5 nitrogen and oxygen atoms in total. The van der Waals surface area contributed by atoms with Gasteiger partial charge in [-0.05, 0) is 79.9 Å². The van der Waals surface area contributed by atoms with Crippen LogP contribution in [0.5, 0.6) is 5.75 Å². The molecule has 0 unspecified atom stereocenters. The quantitative estimate of drug-likeness (QED) is 0.514. The lowest BCUT2D eigenvalue weighted by Gasteiger charge is -2.25. The number of aliphatic carboxylic acids is 1. The summed E-state index contributed by atoms with van der Waals surface area (Å²) in [5.41, 5.74) is 2.36. The molecule has 29 heavy (non-hydrogen) atoms. The molecule has 0 amide bonds. The summed E-state index contributed by atoms with van der Waals surface area (Å²) in [6, 6.07) is 5.92. The van der Waals surface area contributed by atoms with Gasteiger partial charge in [0.05, 0.1) is 12.2 Å². The van der Waals surface area contributed by atoms with Crippen LogP contribution in [-0.4, -0.2) is 40.1 Å². The van der Waals surface area contributed by atoms with E-state index in [9.17, 15) is 15.0 Å². The maximum absolute atomic E-state index is 10.9. The molecule has 1 aromatic carbocycles. The number of unbranched alkanes of at least 4 members (excludes halogenated alkanes) is 2. The van der Waals surface area contributed by atoms with E-state index in [1.807, 2.05) is 12.1 Å². The minimum Gasteiger partial charge on any atom is -0.482 e. The van der Waals surface area contributed by atoms with Crippen LogP contribution in [0.4, 0.5) is 0 Å². The number of ether oxygens (including phenoxy) is 1. The largest absolute Gasteiger partial charge is 0.482 e. The maximum atomic E-state index is 10.9. The van der Waals surface area contributed by atoms with Crippen molar-refractivity contribution in [3.8, 4) is 5.75 Å². The topological polar surface area (TPSA) is 87.0 Å². The summed E-state index contributed by atoms with van der Waals surface area (Å²) < 4.78 is 5.54. The fraction of sp³-hybridized carbons (Fsp3) is 0.708. The van der Waals surface area contributed by atoms with Crippen LogP contribution < -0.4 is 4.74 Å². The van der Waals surface area contributed by atoms with E-state index in [0.717, 1.165) is 69.8 Å². The minimum atomic E-state index is -0.964. The van der Waals surface area contributed by atoms with Crippen molar-refractivity contribution in [1.29, 1.82) is 0 Å². The molecule has 2 aliphatic carbocycles. The molecule has 162 valence electrons. The van der Waals surface area contributed by atoms with Gasteiger partial charge in [-0.15, -0.1) is 0 Å². The van der Waals surface area contributed by atoms with Crippen LogP contribution in [-0.2, 0) is 17.6 Å². The average Bonchev–Trinajstić information content (AvgIpc) is 2.86. The highest BCUT2D eigenvalue weighted by molar-refractivity contribution is 5.68. The van der Waals surface area contributed by atoms with E-state index >= 15 is 0 Å². The molecule has 5 heteroatoms. The van der Waals surface area contributed by atoms with Crippen LogP contribution in [0.3, 0.4) is 0 Å². The first-order valence-electron chi connectivity index (χ1n) is 11.3. The summed E-state index contributed by atoms with van der Waals surface area (Å²) in [6.45, 7) is 1.85. The van der Waals surface area contributed by atoms with E-state index in [1.54, 1.807) is 0 Å². The first-order valence-corrected chi connectivity index (χ1v) is 11.3. The summed E-state index contributed by atoms with van der Waals surface area (Å²) in [7, 11) is 0. The third kappa shape index (κ3) is 5.73. The van der Waals surface area contributed by atoms with E-state index in [-0.39, 0.29) is 24.7 Å². The Labute approximate surface area is 174 Å². The second kappa shape index (κ2) is 10.4. The standard InChI is InChI=1S/C24H36O5/c1-2-3-4-7-18(25)10-12-20-21-13-16-6-5-8-23(29-15-24(27)28)19(16)11-9-17(21)14-22(20)26/h5-6,8,17-18,20-22,25-26H,2-4,7,9-15H2,1H3,(H,27,28)/t17-,18-,20+,21-,22+/m0/s1. The van der Waals surface area contributed by atoms with Gasteiger partial charge in [-0.2, -0.15) is 0 Å². The summed E-state index contributed by atoms with van der Waals surface area (Å²) in [5.74, 6) is 0.855. The SMILES string of the molecule is CCCCC[C@H](O)CC[C@@H]1[C@H]2Cc3cccc(OCC(=O)O)c3CC[C@H]2C[C@H]1O. The summed E-state index contributed by atoms with van der Waals surface area (Å²) >= 11 is 0. The molecule has 1 saturated carbocycles. The van der Waals surface area contributed by atoms with Crippen molar-refractivity contribution in [2.24, 2.45) is 17.8 Å². The number of hydrogen-bond acceptors (Lipinski definition) is 4. The highest BCUT2D eigenvalue weighted by atomic mass is 16.5. The van der Waals surface area contributed by atoms with Gasteiger partial charge in [-0.1, -0.05) is 38.3 Å². The van der Waals surface area contributed by atoms with Crippen LogP contribution in [0.25, 0.3) is 0 Å². The van der Waals surface area contributed by atoms with Gasteiger partial charge in [0, 0.05) is 0 Å². The highest BCUT2D eigenvalue weighted by Crippen LogP contribution is 2.47. The van der Waals surface area contributed by atoms with Gasteiger partial charge in [0.15, 0.2) is 6.61 Å². The van der Waals surface area contributed by atoms with E-state index in [4.69, 9.17) is 9.84 Å². The minimum absolute atomic E-state index is 0.232. The molecule has 0 radical (unpaired) electrons. The van der Waals surface area contributed by atoms with Gasteiger partial charge < -0.3 is 20.1 Å². The Balaban J connectivity index is 1.65. The van der Waals surface area contributed by atoms with Gasteiger partial charge in [0.25, 0.3) is 0 Å². The molecule has 5 atom stereocenters. The predicted molar refractivity (Wildman–Crippen MR) is 112 cm³/mol. The van der Waals surface area contributed by atoms with Crippen LogP contribution in [0.1, 0.15) is 69.4 Å². The van der Waals surface area contributed by atoms with Crippen molar-refractivity contribution < 1.29 is 24.9 Å². The molecule has 3 rings (SSSR count). The van der Waals surface area contributed by atoms with E-state index in [2.05, 4.69) is 13.0 Å². The van der Waals surface area contributed by atoms with Crippen LogP contribution in [0.2, 0.25) is 0 Å². The molecular weight excluding hydrogens is 368 g/mol. The van der Waals surface area contributed by atoms with Crippen molar-refractivity contribution in [2.45, 2.75) is 83.3 Å². The summed E-state index contributed by atoms with van der Waals surface area (Å²) in [6.07, 6.45) is 8.96. The number of carboxylic acids is 1. The number of carboxylic acid groups (broad SMARTS) is 1. The lowest BCUT2D eigenvalue weighted by molar-refractivity contribution is -0.139. The monoisotopic (exact) mass is 404 g/mol. The van der Waals surface area contributed by atoms with Crippen molar-refractivity contribution >= 4 is 5.97 Å². The lowest BCUT2D eigenvalue weighted by Crippen LogP contribution is -2.24. The second-order valence-electron chi connectivity index (χ2n) is 8.94. The molecule has 0 aromatic heterocycles. The summed E-state index contributed by atoms with van der Waals surface area (Å²) in [4.78, 5) is 10.9. The van der Waals surface area contributed by atoms with Crippen molar-refractivity contribution in [3.05, 3.63) is 29.3 Å². The Morgan fingerprint density at radius 2 is 2.10 bits per heavy atom. The molecule has 1 aromatic rings. The first kappa shape index (κ1) is 22.1. The number of aliphatic hydroxyl groups excluding tert-OH is 2. The number of hydrogen-bond donors (Lipinski definition) is 3. The molecule has 2 aliphatic rings. The van der Waals surface area contributed by atoms with E-state index in [1.165, 1.54) is 5.56 Å². The van der Waals surface area contributed by atoms with Crippen molar-refractivity contribution in [1.82, 2.24) is 0 Å². The Kier molecular flexibility index (Phi) is 7.96. The average molecular weight is 405 g/mol. The van der Waals surface area contributed by atoms with Gasteiger partial charge in [-0.3, -0.25) is 0 Å². The van der Waals surface area contributed by atoms with Crippen molar-refractivity contribution in [2.75, 3.05) is 6.61 Å². The molecular formula is C24H36O5. The number of aliphatic hydroxyl groups is 2. The van der Waals surface area contributed by atoms with Gasteiger partial charge >= 0.3 is 5.97 Å². The lowest BCUT2D eigenvalue weighted by atomic mass is 9.81. The number of fused-ring (bicyclic) bond motifs is 2. The maximum Gasteiger partial charge on any atom is 0.341 e. The molecule has 0 heterocycles. The van der Waals surface area contributed by atoms with Crippen LogP contribution >= 0.6 is 0 Å². The van der Waals surface area contributed by atoms with E-state index in [0.29, 0.717) is 17.6 Å². The molecule has 0 spiro atoms. The third-order valence-corrected chi connectivity index (χ3v) is 6.97. The molecule has 1 fully saturated rings. The molecule has 3 N–H and O–H groups in total. The Bertz CT molecular complexity index is 673. The molecule has 0 bridgehead atoms. The first-order chi connectivity index (χ1) is 14.0. The Morgan fingerprint density at radius 3 is 2.86 bits per heavy atom. The number of rotatable bonds is 10. The normalized spacial score (nSPS) is 27.0. The van der Waals surface area contributed by atoms with Crippen LogP contribution in [0.15, 0.2) is 18.2 Å². The predicted octanol–water partition coefficient (Wildman–Crippen LogP) is 3.97. The zero-order valence-electron chi connectivity index (χ0n) is 17.6. The zero-order valence-corrected chi connectivity index (χ0v) is 17.6. The smallest absolute Gasteiger partial charge is 0.341 e. The van der Waals surface area contributed by atoms with Crippen molar-refractivity contribution in [3.63, 3.8) is 0 Å². The second-order valence-corrected chi connectivity index (χ2v) is 8.94. The Hall–Kier alpha value is -1.59. The van der Waals surface area contributed by atoms with E-state index < -0.39 is 5.97 Å². The number of carbonyl (C=O) groups is 1. The third-order valence-electron chi connectivity index (χ3n) is 6.97. The van der Waals surface area contributed by atoms with Gasteiger partial charge in [-0.25, -0.2) is 4.79 Å². The van der Waals surface area contributed by atoms with Gasteiger partial charge in [0.1, 0.15) is 5.75 Å². The van der Waals surface area contributed by atoms with Gasteiger partial charge in [0.2, 0.25) is 0 Å². The summed E-state index contributed by atoms with van der Waals surface area (Å²) in [5, 5.41) is 30.0.